The van der Waals surface area contributed by atoms with Crippen LogP contribution in [0.2, 0.25) is 0 Å². The van der Waals surface area contributed by atoms with E-state index in [0.717, 1.165) is 16.7 Å². The average Bonchev–Trinajstić information content (AvgIpc) is 2.30. The van der Waals surface area contributed by atoms with Crippen molar-refractivity contribution in [3.8, 4) is 11.1 Å². The molecule has 5 heteroatoms. The molecule has 1 aromatic heterocycles. The largest absolute Gasteiger partial charge is 0.772 e. The lowest BCUT2D eigenvalue weighted by molar-refractivity contribution is 0.536. The van der Waals surface area contributed by atoms with Crippen LogP contribution >= 0.6 is 0 Å². The van der Waals surface area contributed by atoms with E-state index < -0.39 is 11.1 Å². The number of aromatic nitrogens is 1. The monoisotopic (exact) mass is 247 g/mol. The van der Waals surface area contributed by atoms with Gasteiger partial charge in [0.2, 0.25) is 0 Å². The van der Waals surface area contributed by atoms with E-state index in [1.165, 1.54) is 0 Å². The van der Waals surface area contributed by atoms with Gasteiger partial charge >= 0.3 is 0 Å². The highest BCUT2D eigenvalue weighted by Gasteiger charge is 2.02. The lowest BCUT2D eigenvalue weighted by atomic mass is 10.0. The van der Waals surface area contributed by atoms with Gasteiger partial charge in [0, 0.05) is 17.5 Å². The highest BCUT2D eigenvalue weighted by atomic mass is 32.2. The Bertz CT molecular complexity index is 540. The Morgan fingerprint density at radius 1 is 1.24 bits per heavy atom. The van der Waals surface area contributed by atoms with E-state index in [-0.39, 0.29) is 5.75 Å². The third kappa shape index (κ3) is 2.89. The van der Waals surface area contributed by atoms with E-state index in [4.69, 9.17) is 5.73 Å². The molecule has 4 nitrogen and oxygen atoms in total. The summed E-state index contributed by atoms with van der Waals surface area (Å²) in [5.41, 5.74) is 9.02. The van der Waals surface area contributed by atoms with Gasteiger partial charge in [0.15, 0.2) is 0 Å². The minimum atomic E-state index is -2.06. The third-order valence-electron chi connectivity index (χ3n) is 2.40. The molecule has 17 heavy (non-hydrogen) atoms. The minimum absolute atomic E-state index is 0.0338. The Hall–Kier alpha value is -1.72. The van der Waals surface area contributed by atoms with E-state index in [1.807, 2.05) is 18.2 Å². The smallest absolute Gasteiger partial charge is 0.0580 e. The number of pyridine rings is 1. The van der Waals surface area contributed by atoms with Crippen LogP contribution in [0.3, 0.4) is 0 Å². The van der Waals surface area contributed by atoms with Crippen molar-refractivity contribution in [2.45, 2.75) is 5.75 Å². The van der Waals surface area contributed by atoms with Gasteiger partial charge in [-0.3, -0.25) is 9.19 Å². The van der Waals surface area contributed by atoms with Crippen LogP contribution in [0.4, 0.5) is 5.69 Å². The van der Waals surface area contributed by atoms with E-state index in [0.29, 0.717) is 5.69 Å². The highest BCUT2D eigenvalue weighted by molar-refractivity contribution is 7.78. The minimum Gasteiger partial charge on any atom is -0.772 e. The Balaban J connectivity index is 2.30. The molecule has 0 aliphatic carbocycles. The summed E-state index contributed by atoms with van der Waals surface area (Å²) in [6.45, 7) is 0. The average molecular weight is 247 g/mol. The predicted octanol–water partition coefficient (Wildman–Crippen LogP) is 1.71. The van der Waals surface area contributed by atoms with Crippen molar-refractivity contribution >= 4 is 16.8 Å². The molecular weight excluding hydrogens is 236 g/mol. The van der Waals surface area contributed by atoms with Crippen LogP contribution < -0.4 is 5.73 Å². The molecule has 1 heterocycles. The molecule has 0 spiro atoms. The van der Waals surface area contributed by atoms with Gasteiger partial charge in [0.25, 0.3) is 0 Å². The summed E-state index contributed by atoms with van der Waals surface area (Å²) in [6.07, 6.45) is 3.27. The summed E-state index contributed by atoms with van der Waals surface area (Å²) < 4.78 is 21.1. The van der Waals surface area contributed by atoms with Crippen LogP contribution in [0, 0.1) is 0 Å². The van der Waals surface area contributed by atoms with Crippen LogP contribution in [0.15, 0.2) is 42.7 Å². The van der Waals surface area contributed by atoms with E-state index in [9.17, 15) is 8.76 Å². The fourth-order valence-corrected chi connectivity index (χ4v) is 2.05. The maximum absolute atomic E-state index is 10.5. The second-order valence-electron chi connectivity index (χ2n) is 3.61. The number of rotatable bonds is 3. The number of anilines is 1. The molecule has 0 saturated carbocycles. The fourth-order valence-electron chi connectivity index (χ4n) is 1.59. The molecule has 1 aromatic carbocycles. The molecule has 0 bridgehead atoms. The maximum atomic E-state index is 10.5. The van der Waals surface area contributed by atoms with Gasteiger partial charge in [0.1, 0.15) is 0 Å². The van der Waals surface area contributed by atoms with Crippen molar-refractivity contribution in [3.05, 3.63) is 48.3 Å². The normalized spacial score (nSPS) is 12.3. The first-order valence-corrected chi connectivity index (χ1v) is 6.26. The molecule has 0 radical (unpaired) electrons. The molecule has 0 fully saturated rings. The molecule has 2 aromatic rings. The Morgan fingerprint density at radius 2 is 1.94 bits per heavy atom. The first-order valence-electron chi connectivity index (χ1n) is 5.01. The lowest BCUT2D eigenvalue weighted by Crippen LogP contribution is -1.94. The van der Waals surface area contributed by atoms with Crippen LogP contribution in [-0.4, -0.2) is 13.7 Å². The molecular formula is C12H11N2O2S-. The van der Waals surface area contributed by atoms with Gasteiger partial charge in [0.05, 0.1) is 11.9 Å². The number of nitrogens with zero attached hydrogens (tertiary/aromatic N) is 1. The molecule has 0 saturated heterocycles. The summed E-state index contributed by atoms with van der Waals surface area (Å²) in [6, 6.07) is 9.11. The Morgan fingerprint density at radius 3 is 2.53 bits per heavy atom. The van der Waals surface area contributed by atoms with Gasteiger partial charge in [-0.05, 0) is 17.2 Å². The van der Waals surface area contributed by atoms with Crippen LogP contribution in [0.5, 0.6) is 0 Å². The summed E-state index contributed by atoms with van der Waals surface area (Å²) in [5, 5.41) is 0. The summed E-state index contributed by atoms with van der Waals surface area (Å²) in [5.74, 6) is 0.0338. The van der Waals surface area contributed by atoms with Crippen molar-refractivity contribution < 1.29 is 8.76 Å². The molecule has 1 unspecified atom stereocenters. The molecule has 88 valence electrons. The predicted molar refractivity (Wildman–Crippen MR) is 66.7 cm³/mol. The van der Waals surface area contributed by atoms with Crippen molar-refractivity contribution in [1.82, 2.24) is 4.98 Å². The summed E-state index contributed by atoms with van der Waals surface area (Å²) >= 11 is -2.06. The number of hydrogen-bond donors (Lipinski definition) is 1. The Kier molecular flexibility index (Phi) is 3.51. The molecule has 0 aliphatic rings. The molecule has 1 atom stereocenters. The zero-order chi connectivity index (χ0) is 12.3. The van der Waals surface area contributed by atoms with E-state index in [2.05, 4.69) is 4.98 Å². The zero-order valence-electron chi connectivity index (χ0n) is 9.00. The highest BCUT2D eigenvalue weighted by Crippen LogP contribution is 2.24. The van der Waals surface area contributed by atoms with Gasteiger partial charge in [-0.25, -0.2) is 0 Å². The van der Waals surface area contributed by atoms with Crippen LogP contribution in [0.1, 0.15) is 5.56 Å². The zero-order valence-corrected chi connectivity index (χ0v) is 9.81. The fraction of sp³-hybridized carbons (Fsp3) is 0.0833. The van der Waals surface area contributed by atoms with E-state index >= 15 is 0 Å². The SMILES string of the molecule is Nc1cnccc1-c1ccc(CS(=O)[O-])cc1. The second-order valence-corrected chi connectivity index (χ2v) is 4.50. The standard InChI is InChI=1S/C12H12N2O2S/c13-12-7-14-6-5-11(12)10-3-1-9(2-4-10)8-17(15)16/h1-7H,8,13H2,(H,15,16)/p-1. The topological polar surface area (TPSA) is 79.0 Å². The van der Waals surface area contributed by atoms with E-state index in [1.54, 1.807) is 24.5 Å². The first-order chi connectivity index (χ1) is 8.16. The van der Waals surface area contributed by atoms with Gasteiger partial charge in [-0.1, -0.05) is 35.3 Å². The van der Waals surface area contributed by atoms with Crippen molar-refractivity contribution in [3.63, 3.8) is 0 Å². The van der Waals surface area contributed by atoms with Crippen molar-refractivity contribution in [1.29, 1.82) is 0 Å². The van der Waals surface area contributed by atoms with Gasteiger partial charge in [-0.15, -0.1) is 0 Å². The first kappa shape index (κ1) is 11.8. The summed E-state index contributed by atoms with van der Waals surface area (Å²) in [7, 11) is 0. The summed E-state index contributed by atoms with van der Waals surface area (Å²) in [4.78, 5) is 3.92. The quantitative estimate of drug-likeness (QED) is 0.837. The molecule has 0 amide bonds. The van der Waals surface area contributed by atoms with Crippen LogP contribution in [-0.2, 0) is 16.8 Å². The van der Waals surface area contributed by atoms with Crippen molar-refractivity contribution in [2.24, 2.45) is 0 Å². The Labute approximate surface area is 102 Å². The number of nitrogens with two attached hydrogens (primary N) is 1. The number of benzene rings is 1. The molecule has 2 N–H and O–H groups in total. The third-order valence-corrected chi connectivity index (χ3v) is 2.97. The van der Waals surface area contributed by atoms with Crippen LogP contribution in [0.25, 0.3) is 11.1 Å². The molecule has 0 aliphatic heterocycles. The maximum Gasteiger partial charge on any atom is 0.0580 e. The van der Waals surface area contributed by atoms with Gasteiger partial charge in [-0.2, -0.15) is 0 Å². The second kappa shape index (κ2) is 5.07. The van der Waals surface area contributed by atoms with Crippen molar-refractivity contribution in [2.75, 3.05) is 5.73 Å². The number of hydrogen-bond acceptors (Lipinski definition) is 4. The van der Waals surface area contributed by atoms with Gasteiger partial charge < -0.3 is 10.3 Å². The lowest BCUT2D eigenvalue weighted by Gasteiger charge is -2.08. The number of nitrogen functional groups attached to an aromatic ring is 1. The molecule has 2 rings (SSSR count).